The molecule has 2 rings (SSSR count). The summed E-state index contributed by atoms with van der Waals surface area (Å²) < 4.78 is 5.72. The third-order valence-corrected chi connectivity index (χ3v) is 2.82. The van der Waals surface area contributed by atoms with E-state index in [1.54, 1.807) is 6.07 Å². The number of hydrogen-bond acceptors (Lipinski definition) is 3. The van der Waals surface area contributed by atoms with E-state index in [1.807, 2.05) is 26.0 Å². The van der Waals surface area contributed by atoms with Gasteiger partial charge in [0.05, 0.1) is 6.20 Å². The van der Waals surface area contributed by atoms with Crippen molar-refractivity contribution in [3.8, 4) is 11.5 Å². The third-order valence-electron chi connectivity index (χ3n) is 2.60. The third kappa shape index (κ3) is 3.03. The first-order chi connectivity index (χ1) is 8.97. The van der Waals surface area contributed by atoms with Crippen LogP contribution in [0.4, 0.5) is 0 Å². The molecular formula is C14H12ClNO3. The number of halogens is 1. The zero-order valence-corrected chi connectivity index (χ0v) is 11.2. The van der Waals surface area contributed by atoms with E-state index in [2.05, 4.69) is 4.98 Å². The van der Waals surface area contributed by atoms with Crippen LogP contribution in [0.1, 0.15) is 21.6 Å². The lowest BCUT2D eigenvalue weighted by molar-refractivity contribution is 0.0690. The van der Waals surface area contributed by atoms with E-state index in [1.165, 1.54) is 12.3 Å². The fourth-order valence-corrected chi connectivity index (χ4v) is 2.07. The van der Waals surface area contributed by atoms with Gasteiger partial charge in [-0.3, -0.25) is 0 Å². The van der Waals surface area contributed by atoms with Gasteiger partial charge < -0.3 is 9.84 Å². The van der Waals surface area contributed by atoms with Crippen molar-refractivity contribution in [2.24, 2.45) is 0 Å². The van der Waals surface area contributed by atoms with Gasteiger partial charge in [-0.05, 0) is 49.2 Å². The molecule has 0 fully saturated rings. The molecule has 1 aromatic heterocycles. The molecule has 4 nitrogen and oxygen atoms in total. The van der Waals surface area contributed by atoms with Gasteiger partial charge in [-0.15, -0.1) is 0 Å². The van der Waals surface area contributed by atoms with Crippen molar-refractivity contribution in [1.29, 1.82) is 0 Å². The number of aromatic nitrogens is 1. The molecular weight excluding hydrogens is 266 g/mol. The van der Waals surface area contributed by atoms with Gasteiger partial charge in [-0.1, -0.05) is 11.6 Å². The van der Waals surface area contributed by atoms with Crippen molar-refractivity contribution < 1.29 is 14.6 Å². The minimum atomic E-state index is -1.06. The van der Waals surface area contributed by atoms with Gasteiger partial charge in [0.15, 0.2) is 0 Å². The predicted octanol–water partition coefficient (Wildman–Crippen LogP) is 3.84. The summed E-state index contributed by atoms with van der Waals surface area (Å²) in [7, 11) is 0. The summed E-state index contributed by atoms with van der Waals surface area (Å²) in [6.07, 6.45) is 1.39. The molecule has 0 saturated heterocycles. The van der Waals surface area contributed by atoms with Crippen LogP contribution >= 0.6 is 11.6 Å². The van der Waals surface area contributed by atoms with Gasteiger partial charge in [0.25, 0.3) is 0 Å². The largest absolute Gasteiger partial charge is 0.477 e. The van der Waals surface area contributed by atoms with E-state index in [0.717, 1.165) is 11.1 Å². The number of rotatable bonds is 3. The van der Waals surface area contributed by atoms with Crippen LogP contribution in [0, 0.1) is 13.8 Å². The number of hydrogen-bond donors (Lipinski definition) is 1. The number of pyridine rings is 1. The predicted molar refractivity (Wildman–Crippen MR) is 72.2 cm³/mol. The molecule has 1 heterocycles. The second-order valence-electron chi connectivity index (χ2n) is 4.16. The van der Waals surface area contributed by atoms with Crippen molar-refractivity contribution in [2.75, 3.05) is 0 Å². The number of nitrogens with zero attached hydrogens (tertiary/aromatic N) is 1. The van der Waals surface area contributed by atoms with Crippen LogP contribution in [-0.2, 0) is 0 Å². The van der Waals surface area contributed by atoms with E-state index in [0.29, 0.717) is 16.5 Å². The lowest BCUT2D eigenvalue weighted by Gasteiger charge is -2.12. The molecule has 5 heteroatoms. The van der Waals surface area contributed by atoms with Gasteiger partial charge in [-0.2, -0.15) is 0 Å². The Morgan fingerprint density at radius 2 is 1.89 bits per heavy atom. The molecule has 0 amide bonds. The maximum absolute atomic E-state index is 10.7. The molecule has 2 aromatic rings. The smallest absolute Gasteiger partial charge is 0.354 e. The summed E-state index contributed by atoms with van der Waals surface area (Å²) >= 11 is 5.95. The van der Waals surface area contributed by atoms with E-state index in [4.69, 9.17) is 21.4 Å². The fourth-order valence-electron chi connectivity index (χ4n) is 1.74. The highest BCUT2D eigenvalue weighted by Gasteiger charge is 2.09. The number of benzene rings is 1. The molecule has 19 heavy (non-hydrogen) atoms. The Kier molecular flexibility index (Phi) is 3.71. The minimum absolute atomic E-state index is 0.0168. The van der Waals surface area contributed by atoms with Crippen LogP contribution in [0.2, 0.25) is 5.02 Å². The first kappa shape index (κ1) is 13.4. The summed E-state index contributed by atoms with van der Waals surface area (Å²) in [6, 6.07) is 6.59. The monoisotopic (exact) mass is 277 g/mol. The lowest BCUT2D eigenvalue weighted by atomic mass is 10.1. The Balaban J connectivity index is 2.29. The molecule has 0 aliphatic heterocycles. The quantitative estimate of drug-likeness (QED) is 0.926. The normalized spacial score (nSPS) is 10.3. The molecule has 0 aliphatic rings. The van der Waals surface area contributed by atoms with Gasteiger partial charge in [0.2, 0.25) is 0 Å². The number of aromatic carboxylic acids is 1. The standard InChI is InChI=1S/C14H12ClNO3/c1-8-5-10(15)6-9(2)13(8)19-11-3-4-12(14(17)18)16-7-11/h3-7H,1-2H3,(H,17,18). The first-order valence-electron chi connectivity index (χ1n) is 5.61. The topological polar surface area (TPSA) is 59.4 Å². The molecule has 0 aliphatic carbocycles. The molecule has 1 N–H and O–H groups in total. The molecule has 0 unspecified atom stereocenters. The van der Waals surface area contributed by atoms with Crippen LogP contribution in [0.3, 0.4) is 0 Å². The molecule has 1 aromatic carbocycles. The minimum Gasteiger partial charge on any atom is -0.477 e. The van der Waals surface area contributed by atoms with Gasteiger partial charge in [0, 0.05) is 5.02 Å². The van der Waals surface area contributed by atoms with E-state index in [-0.39, 0.29) is 5.69 Å². The highest BCUT2D eigenvalue weighted by Crippen LogP contribution is 2.30. The first-order valence-corrected chi connectivity index (χ1v) is 5.99. The summed E-state index contributed by atoms with van der Waals surface area (Å²) in [6.45, 7) is 3.79. The second-order valence-corrected chi connectivity index (χ2v) is 4.59. The molecule has 0 saturated carbocycles. The number of carboxylic acids is 1. The van der Waals surface area contributed by atoms with Crippen LogP contribution in [-0.4, -0.2) is 16.1 Å². The average molecular weight is 278 g/mol. The molecule has 0 spiro atoms. The molecule has 0 radical (unpaired) electrons. The summed E-state index contributed by atoms with van der Waals surface area (Å²) in [5.74, 6) is 0.123. The Labute approximate surface area is 115 Å². The van der Waals surface area contributed by atoms with E-state index in [9.17, 15) is 4.79 Å². The Hall–Kier alpha value is -2.07. The zero-order chi connectivity index (χ0) is 14.0. The van der Waals surface area contributed by atoms with Crippen molar-refractivity contribution >= 4 is 17.6 Å². The highest BCUT2D eigenvalue weighted by molar-refractivity contribution is 6.30. The van der Waals surface area contributed by atoms with Crippen LogP contribution in [0.5, 0.6) is 11.5 Å². The number of aryl methyl sites for hydroxylation is 2. The average Bonchev–Trinajstić information content (AvgIpc) is 2.34. The fraction of sp³-hybridized carbons (Fsp3) is 0.143. The van der Waals surface area contributed by atoms with Crippen molar-refractivity contribution in [3.05, 3.63) is 52.3 Å². The number of carboxylic acid groups (broad SMARTS) is 1. The Bertz CT molecular complexity index is 600. The number of carbonyl (C=O) groups is 1. The van der Waals surface area contributed by atoms with Gasteiger partial charge >= 0.3 is 5.97 Å². The Morgan fingerprint density at radius 3 is 2.37 bits per heavy atom. The van der Waals surface area contributed by atoms with Crippen molar-refractivity contribution in [1.82, 2.24) is 4.98 Å². The Morgan fingerprint density at radius 1 is 1.26 bits per heavy atom. The summed E-state index contributed by atoms with van der Waals surface area (Å²) in [4.78, 5) is 14.5. The summed E-state index contributed by atoms with van der Waals surface area (Å²) in [5.41, 5.74) is 1.80. The van der Waals surface area contributed by atoms with Crippen LogP contribution in [0.15, 0.2) is 30.5 Å². The SMILES string of the molecule is Cc1cc(Cl)cc(C)c1Oc1ccc(C(=O)O)nc1. The second kappa shape index (κ2) is 5.28. The summed E-state index contributed by atoms with van der Waals surface area (Å²) in [5, 5.41) is 9.42. The maximum atomic E-state index is 10.7. The molecule has 0 atom stereocenters. The van der Waals surface area contributed by atoms with Gasteiger partial charge in [-0.25, -0.2) is 9.78 Å². The van der Waals surface area contributed by atoms with Gasteiger partial charge in [0.1, 0.15) is 17.2 Å². The van der Waals surface area contributed by atoms with Crippen molar-refractivity contribution in [3.63, 3.8) is 0 Å². The van der Waals surface area contributed by atoms with E-state index < -0.39 is 5.97 Å². The van der Waals surface area contributed by atoms with Crippen molar-refractivity contribution in [2.45, 2.75) is 13.8 Å². The number of ether oxygens (including phenoxy) is 1. The highest BCUT2D eigenvalue weighted by atomic mass is 35.5. The molecule has 98 valence electrons. The van der Waals surface area contributed by atoms with Crippen LogP contribution < -0.4 is 4.74 Å². The maximum Gasteiger partial charge on any atom is 0.354 e. The van der Waals surface area contributed by atoms with E-state index >= 15 is 0 Å². The lowest BCUT2D eigenvalue weighted by Crippen LogP contribution is -1.99. The molecule has 0 bridgehead atoms. The van der Waals surface area contributed by atoms with Crippen LogP contribution in [0.25, 0.3) is 0 Å². The zero-order valence-electron chi connectivity index (χ0n) is 10.5.